The predicted molar refractivity (Wildman–Crippen MR) is 76.9 cm³/mol. The highest BCUT2D eigenvalue weighted by atomic mass is 16.5. The molecule has 0 aromatic rings. The van der Waals surface area contributed by atoms with Crippen molar-refractivity contribution in [3.8, 4) is 6.07 Å². The SMILES string of the molecule is CCCCOCCCN/C=C(/C#N)C(=O)NCCOC. The van der Waals surface area contributed by atoms with E-state index in [0.717, 1.165) is 25.9 Å². The summed E-state index contributed by atoms with van der Waals surface area (Å²) in [4.78, 5) is 11.6. The van der Waals surface area contributed by atoms with Crippen molar-refractivity contribution in [3.05, 3.63) is 11.8 Å². The number of nitriles is 1. The van der Waals surface area contributed by atoms with Crippen molar-refractivity contribution in [1.82, 2.24) is 10.6 Å². The van der Waals surface area contributed by atoms with Gasteiger partial charge in [0.05, 0.1) is 6.61 Å². The Labute approximate surface area is 121 Å². The number of nitrogens with zero attached hydrogens (tertiary/aromatic N) is 1. The van der Waals surface area contributed by atoms with Crippen LogP contribution in [-0.2, 0) is 14.3 Å². The number of unbranched alkanes of at least 4 members (excludes halogenated alkanes) is 1. The number of hydrogen-bond donors (Lipinski definition) is 2. The van der Waals surface area contributed by atoms with Gasteiger partial charge in [0.15, 0.2) is 0 Å². The molecule has 0 saturated carbocycles. The van der Waals surface area contributed by atoms with E-state index < -0.39 is 5.91 Å². The van der Waals surface area contributed by atoms with Gasteiger partial charge in [0, 0.05) is 39.6 Å². The van der Waals surface area contributed by atoms with Crippen LogP contribution in [0.25, 0.3) is 0 Å². The summed E-state index contributed by atoms with van der Waals surface area (Å²) in [5.74, 6) is -0.392. The van der Waals surface area contributed by atoms with E-state index in [0.29, 0.717) is 26.3 Å². The fraction of sp³-hybridized carbons (Fsp3) is 0.714. The summed E-state index contributed by atoms with van der Waals surface area (Å²) in [5.41, 5.74) is 0.0630. The van der Waals surface area contributed by atoms with Crippen molar-refractivity contribution in [3.63, 3.8) is 0 Å². The third-order valence-electron chi connectivity index (χ3n) is 2.46. The van der Waals surface area contributed by atoms with E-state index >= 15 is 0 Å². The van der Waals surface area contributed by atoms with Crippen LogP contribution in [0.1, 0.15) is 26.2 Å². The van der Waals surface area contributed by atoms with Crippen molar-refractivity contribution in [2.75, 3.05) is 40.0 Å². The van der Waals surface area contributed by atoms with Crippen LogP contribution < -0.4 is 10.6 Å². The first-order valence-electron chi connectivity index (χ1n) is 6.94. The normalized spacial score (nSPS) is 10.9. The number of carbonyl (C=O) groups is 1. The van der Waals surface area contributed by atoms with Gasteiger partial charge >= 0.3 is 0 Å². The van der Waals surface area contributed by atoms with E-state index in [1.807, 2.05) is 6.07 Å². The summed E-state index contributed by atoms with van der Waals surface area (Å²) in [6, 6.07) is 1.86. The fourth-order valence-electron chi connectivity index (χ4n) is 1.31. The molecule has 0 unspecified atom stereocenters. The number of rotatable bonds is 12. The molecule has 6 heteroatoms. The highest BCUT2D eigenvalue weighted by Crippen LogP contribution is 1.92. The first kappa shape index (κ1) is 18.4. The number of carbonyl (C=O) groups excluding carboxylic acids is 1. The van der Waals surface area contributed by atoms with Crippen LogP contribution in [0.5, 0.6) is 0 Å². The van der Waals surface area contributed by atoms with Crippen LogP contribution in [-0.4, -0.2) is 45.9 Å². The smallest absolute Gasteiger partial charge is 0.263 e. The van der Waals surface area contributed by atoms with Crippen LogP contribution in [0, 0.1) is 11.3 Å². The zero-order chi connectivity index (χ0) is 15.1. The lowest BCUT2D eigenvalue weighted by Crippen LogP contribution is -2.28. The average molecular weight is 283 g/mol. The van der Waals surface area contributed by atoms with Gasteiger partial charge < -0.3 is 20.1 Å². The first-order valence-corrected chi connectivity index (χ1v) is 6.94. The Morgan fingerprint density at radius 3 is 2.65 bits per heavy atom. The summed E-state index contributed by atoms with van der Waals surface area (Å²) in [7, 11) is 1.55. The molecule has 114 valence electrons. The maximum Gasteiger partial charge on any atom is 0.263 e. The van der Waals surface area contributed by atoms with Crippen molar-refractivity contribution >= 4 is 5.91 Å². The maximum absolute atomic E-state index is 11.6. The van der Waals surface area contributed by atoms with Gasteiger partial charge in [0.25, 0.3) is 5.91 Å². The van der Waals surface area contributed by atoms with E-state index in [9.17, 15) is 4.79 Å². The number of ether oxygens (including phenoxy) is 2. The van der Waals surface area contributed by atoms with Gasteiger partial charge in [-0.3, -0.25) is 4.79 Å². The van der Waals surface area contributed by atoms with E-state index in [-0.39, 0.29) is 5.57 Å². The standard InChI is InChI=1S/C14H25N3O3/c1-3-4-8-20-9-5-6-16-12-13(11-15)14(18)17-7-10-19-2/h12,16H,3-10H2,1-2H3,(H,17,18)/b13-12-. The number of hydrogen-bond acceptors (Lipinski definition) is 5. The third-order valence-corrected chi connectivity index (χ3v) is 2.46. The van der Waals surface area contributed by atoms with E-state index in [1.54, 1.807) is 7.11 Å². The van der Waals surface area contributed by atoms with Crippen LogP contribution in [0.15, 0.2) is 11.8 Å². The third kappa shape index (κ3) is 10.4. The molecule has 6 nitrogen and oxygen atoms in total. The van der Waals surface area contributed by atoms with E-state index in [1.165, 1.54) is 6.20 Å². The van der Waals surface area contributed by atoms with Crippen LogP contribution in [0.2, 0.25) is 0 Å². The van der Waals surface area contributed by atoms with Crippen molar-refractivity contribution in [2.24, 2.45) is 0 Å². The van der Waals surface area contributed by atoms with Gasteiger partial charge in [0.2, 0.25) is 0 Å². The van der Waals surface area contributed by atoms with E-state index in [2.05, 4.69) is 17.6 Å². The molecule has 0 heterocycles. The topological polar surface area (TPSA) is 83.4 Å². The Balaban J connectivity index is 3.74. The molecular weight excluding hydrogens is 258 g/mol. The van der Waals surface area contributed by atoms with Crippen LogP contribution in [0.4, 0.5) is 0 Å². The van der Waals surface area contributed by atoms with Crippen molar-refractivity contribution in [1.29, 1.82) is 5.26 Å². The van der Waals surface area contributed by atoms with Gasteiger partial charge in [-0.15, -0.1) is 0 Å². The highest BCUT2D eigenvalue weighted by Gasteiger charge is 2.06. The molecule has 0 bridgehead atoms. The molecule has 0 aliphatic rings. The summed E-state index contributed by atoms with van der Waals surface area (Å²) in [6.07, 6.45) is 4.48. The van der Waals surface area contributed by atoms with Crippen LogP contribution >= 0.6 is 0 Å². The van der Waals surface area contributed by atoms with E-state index in [4.69, 9.17) is 14.7 Å². The Morgan fingerprint density at radius 1 is 1.25 bits per heavy atom. The minimum absolute atomic E-state index is 0.0630. The Hall–Kier alpha value is -1.58. The van der Waals surface area contributed by atoms with Crippen LogP contribution in [0.3, 0.4) is 0 Å². The lowest BCUT2D eigenvalue weighted by Gasteiger charge is -2.05. The summed E-state index contributed by atoms with van der Waals surface area (Å²) in [6.45, 7) is 5.08. The molecule has 0 spiro atoms. The molecular formula is C14H25N3O3. The second kappa shape index (κ2) is 13.8. The Kier molecular flexibility index (Phi) is 12.7. The molecule has 2 N–H and O–H groups in total. The molecule has 0 radical (unpaired) electrons. The van der Waals surface area contributed by atoms with Gasteiger partial charge in [-0.05, 0) is 12.8 Å². The second-order valence-corrected chi connectivity index (χ2v) is 4.19. The predicted octanol–water partition coefficient (Wildman–Crippen LogP) is 0.953. The summed E-state index contributed by atoms with van der Waals surface area (Å²) >= 11 is 0. The minimum Gasteiger partial charge on any atom is -0.390 e. The minimum atomic E-state index is -0.392. The first-order chi connectivity index (χ1) is 9.76. The highest BCUT2D eigenvalue weighted by molar-refractivity contribution is 5.97. The Bertz CT molecular complexity index is 324. The molecule has 0 aromatic carbocycles. The largest absolute Gasteiger partial charge is 0.390 e. The molecule has 0 rings (SSSR count). The maximum atomic E-state index is 11.6. The zero-order valence-corrected chi connectivity index (χ0v) is 12.4. The van der Waals surface area contributed by atoms with Gasteiger partial charge in [-0.1, -0.05) is 13.3 Å². The molecule has 1 amide bonds. The van der Waals surface area contributed by atoms with Crippen molar-refractivity contribution in [2.45, 2.75) is 26.2 Å². The lowest BCUT2D eigenvalue weighted by atomic mass is 10.3. The molecule has 0 aliphatic carbocycles. The molecule has 0 atom stereocenters. The second-order valence-electron chi connectivity index (χ2n) is 4.19. The van der Waals surface area contributed by atoms with Gasteiger partial charge in [-0.2, -0.15) is 5.26 Å². The molecule has 0 fully saturated rings. The molecule has 0 aliphatic heterocycles. The summed E-state index contributed by atoms with van der Waals surface area (Å²) < 4.78 is 10.2. The number of amides is 1. The zero-order valence-electron chi connectivity index (χ0n) is 12.4. The lowest BCUT2D eigenvalue weighted by molar-refractivity contribution is -0.117. The Morgan fingerprint density at radius 2 is 2.00 bits per heavy atom. The molecule has 20 heavy (non-hydrogen) atoms. The summed E-state index contributed by atoms with van der Waals surface area (Å²) in [5, 5.41) is 14.4. The van der Waals surface area contributed by atoms with Gasteiger partial charge in [0.1, 0.15) is 11.6 Å². The fourth-order valence-corrected chi connectivity index (χ4v) is 1.31. The monoisotopic (exact) mass is 283 g/mol. The number of methoxy groups -OCH3 is 1. The average Bonchev–Trinajstić information content (AvgIpc) is 2.46. The number of nitrogens with one attached hydrogen (secondary N) is 2. The van der Waals surface area contributed by atoms with Crippen molar-refractivity contribution < 1.29 is 14.3 Å². The molecule has 0 saturated heterocycles. The quantitative estimate of drug-likeness (QED) is 0.316. The van der Waals surface area contributed by atoms with Gasteiger partial charge in [-0.25, -0.2) is 0 Å². The molecule has 0 aromatic heterocycles.